The molecule has 4 N–H and O–H groups in total. The van der Waals surface area contributed by atoms with Crippen LogP contribution in [0.15, 0.2) is 72.8 Å². The lowest BCUT2D eigenvalue weighted by atomic mass is 10.1. The number of rotatable bonds is 6. The van der Waals surface area contributed by atoms with Gasteiger partial charge in [-0.2, -0.15) is 0 Å². The topological polar surface area (TPSA) is 99.3 Å². The van der Waals surface area contributed by atoms with Gasteiger partial charge in [0.05, 0.1) is 0 Å². The lowest BCUT2D eigenvalue weighted by molar-refractivity contribution is -0.114. The Bertz CT molecular complexity index is 1100. The largest absolute Gasteiger partial charge is 0.334 e. The van der Waals surface area contributed by atoms with E-state index in [-0.39, 0.29) is 18.4 Å². The Morgan fingerprint density at radius 3 is 2.26 bits per heavy atom. The van der Waals surface area contributed by atoms with Crippen LogP contribution in [0.3, 0.4) is 0 Å². The van der Waals surface area contributed by atoms with Gasteiger partial charge < -0.3 is 21.3 Å². The van der Waals surface area contributed by atoms with Crippen molar-refractivity contribution in [3.8, 4) is 0 Å². The van der Waals surface area contributed by atoms with E-state index in [4.69, 9.17) is 0 Å². The van der Waals surface area contributed by atoms with Gasteiger partial charge in [-0.1, -0.05) is 36.4 Å². The molecule has 0 fully saturated rings. The first kappa shape index (κ1) is 21.6. The highest BCUT2D eigenvalue weighted by atomic mass is 16.2. The molecule has 7 heteroatoms. The zero-order valence-corrected chi connectivity index (χ0v) is 17.4. The van der Waals surface area contributed by atoms with E-state index in [1.54, 1.807) is 48.5 Å². The first-order chi connectivity index (χ1) is 14.9. The molecule has 0 heterocycles. The van der Waals surface area contributed by atoms with Gasteiger partial charge in [0.15, 0.2) is 0 Å². The van der Waals surface area contributed by atoms with E-state index in [1.165, 1.54) is 6.92 Å². The van der Waals surface area contributed by atoms with Crippen LogP contribution < -0.4 is 21.3 Å². The van der Waals surface area contributed by atoms with Crippen LogP contribution in [0.5, 0.6) is 0 Å². The lowest BCUT2D eigenvalue weighted by Crippen LogP contribution is -2.28. The zero-order chi connectivity index (χ0) is 22.2. The number of urea groups is 1. The van der Waals surface area contributed by atoms with Crippen molar-refractivity contribution in [1.82, 2.24) is 5.32 Å². The summed E-state index contributed by atoms with van der Waals surface area (Å²) in [6, 6.07) is 21.1. The standard InChI is InChI=1S/C24H24N4O3/c1-16-11-12-19(23(30)27-20-8-4-3-5-9-20)14-22(16)28-24(31)25-15-18-7-6-10-21(13-18)26-17(2)29/h3-14H,15H2,1-2H3,(H,26,29)(H,27,30)(H2,25,28,31). The maximum absolute atomic E-state index is 12.5. The fourth-order valence-corrected chi connectivity index (χ4v) is 2.93. The minimum atomic E-state index is -0.395. The van der Waals surface area contributed by atoms with E-state index in [1.807, 2.05) is 31.2 Å². The minimum absolute atomic E-state index is 0.158. The molecular formula is C24H24N4O3. The molecule has 7 nitrogen and oxygen atoms in total. The quantitative estimate of drug-likeness (QED) is 0.475. The van der Waals surface area contributed by atoms with Crippen molar-refractivity contribution >= 4 is 34.9 Å². The van der Waals surface area contributed by atoms with Gasteiger partial charge in [0, 0.05) is 36.1 Å². The fraction of sp³-hybridized carbons (Fsp3) is 0.125. The van der Waals surface area contributed by atoms with Crippen LogP contribution in [0.25, 0.3) is 0 Å². The second-order valence-electron chi connectivity index (χ2n) is 7.04. The molecule has 3 aromatic rings. The summed E-state index contributed by atoms with van der Waals surface area (Å²) in [6.45, 7) is 3.58. The monoisotopic (exact) mass is 416 g/mol. The summed E-state index contributed by atoms with van der Waals surface area (Å²) in [7, 11) is 0. The van der Waals surface area contributed by atoms with Gasteiger partial charge >= 0.3 is 6.03 Å². The van der Waals surface area contributed by atoms with Crippen LogP contribution in [0.2, 0.25) is 0 Å². The van der Waals surface area contributed by atoms with Crippen molar-refractivity contribution in [3.63, 3.8) is 0 Å². The number of para-hydroxylation sites is 1. The molecule has 0 atom stereocenters. The highest BCUT2D eigenvalue weighted by Crippen LogP contribution is 2.18. The average molecular weight is 416 g/mol. The van der Waals surface area contributed by atoms with Gasteiger partial charge in [-0.25, -0.2) is 4.79 Å². The molecule has 0 saturated carbocycles. The molecule has 3 rings (SSSR count). The number of carbonyl (C=O) groups is 3. The molecule has 4 amide bonds. The minimum Gasteiger partial charge on any atom is -0.334 e. The van der Waals surface area contributed by atoms with Gasteiger partial charge in [-0.3, -0.25) is 9.59 Å². The number of aryl methyl sites for hydroxylation is 1. The molecule has 0 unspecified atom stereocenters. The summed E-state index contributed by atoms with van der Waals surface area (Å²) >= 11 is 0. The van der Waals surface area contributed by atoms with Crippen molar-refractivity contribution in [2.45, 2.75) is 20.4 Å². The smallest absolute Gasteiger partial charge is 0.319 e. The summed E-state index contributed by atoms with van der Waals surface area (Å²) in [5, 5.41) is 11.1. The van der Waals surface area contributed by atoms with Crippen molar-refractivity contribution in [2.75, 3.05) is 16.0 Å². The summed E-state index contributed by atoms with van der Waals surface area (Å²) < 4.78 is 0. The summed E-state index contributed by atoms with van der Waals surface area (Å²) in [6.07, 6.45) is 0. The number of benzene rings is 3. The van der Waals surface area contributed by atoms with Crippen LogP contribution >= 0.6 is 0 Å². The molecule has 0 radical (unpaired) electrons. The Morgan fingerprint density at radius 1 is 0.774 bits per heavy atom. The van der Waals surface area contributed by atoms with Crippen LogP contribution in [-0.2, 0) is 11.3 Å². The molecular weight excluding hydrogens is 392 g/mol. The van der Waals surface area contributed by atoms with Gasteiger partial charge in [0.2, 0.25) is 5.91 Å². The van der Waals surface area contributed by atoms with Crippen LogP contribution in [-0.4, -0.2) is 17.8 Å². The van der Waals surface area contributed by atoms with E-state index < -0.39 is 6.03 Å². The number of nitrogens with one attached hydrogen (secondary N) is 4. The second kappa shape index (κ2) is 10.1. The van der Waals surface area contributed by atoms with Crippen LogP contribution in [0, 0.1) is 6.92 Å². The molecule has 3 aromatic carbocycles. The lowest BCUT2D eigenvalue weighted by Gasteiger charge is -2.12. The molecule has 0 aliphatic carbocycles. The third kappa shape index (κ3) is 6.43. The Balaban J connectivity index is 1.61. The molecule has 0 aliphatic rings. The highest BCUT2D eigenvalue weighted by molar-refractivity contribution is 6.05. The third-order valence-electron chi connectivity index (χ3n) is 4.48. The van der Waals surface area contributed by atoms with E-state index in [9.17, 15) is 14.4 Å². The average Bonchev–Trinajstić information content (AvgIpc) is 2.74. The summed E-state index contributed by atoms with van der Waals surface area (Å²) in [5.41, 5.74) is 4.02. The van der Waals surface area contributed by atoms with Crippen LogP contribution in [0.1, 0.15) is 28.4 Å². The Labute approximate surface area is 180 Å². The third-order valence-corrected chi connectivity index (χ3v) is 4.48. The van der Waals surface area contributed by atoms with Gasteiger partial charge in [-0.15, -0.1) is 0 Å². The maximum Gasteiger partial charge on any atom is 0.319 e. The molecule has 0 saturated heterocycles. The SMILES string of the molecule is CC(=O)Nc1cccc(CNC(=O)Nc2cc(C(=O)Nc3ccccc3)ccc2C)c1. The predicted octanol–water partition coefficient (Wildman–Crippen LogP) is 4.53. The number of hydrogen-bond donors (Lipinski definition) is 4. The van der Waals surface area contributed by atoms with E-state index in [0.717, 1.165) is 11.1 Å². The zero-order valence-electron chi connectivity index (χ0n) is 17.4. The summed E-state index contributed by atoms with van der Waals surface area (Å²) in [5.74, 6) is -0.418. The molecule has 0 spiro atoms. The summed E-state index contributed by atoms with van der Waals surface area (Å²) in [4.78, 5) is 36.1. The Morgan fingerprint density at radius 2 is 1.52 bits per heavy atom. The van der Waals surface area contributed by atoms with Crippen LogP contribution in [0.4, 0.5) is 21.9 Å². The van der Waals surface area contributed by atoms with Gasteiger partial charge in [0.25, 0.3) is 5.91 Å². The van der Waals surface area contributed by atoms with Crippen molar-refractivity contribution in [2.24, 2.45) is 0 Å². The van der Waals surface area contributed by atoms with Gasteiger partial charge in [0.1, 0.15) is 0 Å². The number of amides is 4. The van der Waals surface area contributed by atoms with E-state index in [0.29, 0.717) is 22.6 Å². The van der Waals surface area contributed by atoms with E-state index in [2.05, 4.69) is 21.3 Å². The molecule has 31 heavy (non-hydrogen) atoms. The fourth-order valence-electron chi connectivity index (χ4n) is 2.93. The number of anilines is 3. The Hall–Kier alpha value is -4.13. The number of carbonyl (C=O) groups excluding carboxylic acids is 3. The Kier molecular flexibility index (Phi) is 7.01. The van der Waals surface area contributed by atoms with Crippen molar-refractivity contribution < 1.29 is 14.4 Å². The molecule has 0 aromatic heterocycles. The highest BCUT2D eigenvalue weighted by Gasteiger charge is 2.11. The normalized spacial score (nSPS) is 10.1. The van der Waals surface area contributed by atoms with Crippen molar-refractivity contribution in [3.05, 3.63) is 89.5 Å². The first-order valence-corrected chi connectivity index (χ1v) is 9.79. The number of hydrogen-bond acceptors (Lipinski definition) is 3. The molecule has 0 aliphatic heterocycles. The second-order valence-corrected chi connectivity index (χ2v) is 7.04. The molecule has 158 valence electrons. The predicted molar refractivity (Wildman–Crippen MR) is 122 cm³/mol. The molecule has 0 bridgehead atoms. The first-order valence-electron chi connectivity index (χ1n) is 9.79. The maximum atomic E-state index is 12.5. The van der Waals surface area contributed by atoms with Gasteiger partial charge in [-0.05, 0) is 54.4 Å². The van der Waals surface area contributed by atoms with E-state index >= 15 is 0 Å². The van der Waals surface area contributed by atoms with Crippen molar-refractivity contribution in [1.29, 1.82) is 0 Å².